The normalized spacial score (nSPS) is 17.3. The molecule has 23 heavy (non-hydrogen) atoms. The van der Waals surface area contributed by atoms with Crippen molar-refractivity contribution in [3.63, 3.8) is 0 Å². The molecule has 4 rings (SSSR count). The van der Waals surface area contributed by atoms with Crippen LogP contribution in [0.25, 0.3) is 5.69 Å². The minimum Gasteiger partial charge on any atom is -0.349 e. The summed E-state index contributed by atoms with van der Waals surface area (Å²) in [6.07, 6.45) is 4.82. The summed E-state index contributed by atoms with van der Waals surface area (Å²) in [6.45, 7) is 0.472. The molecule has 0 aliphatic heterocycles. The van der Waals surface area contributed by atoms with Crippen molar-refractivity contribution in [3.05, 3.63) is 47.3 Å². The number of fused-ring (bicyclic) bond motifs is 1. The van der Waals surface area contributed by atoms with E-state index in [9.17, 15) is 4.79 Å². The zero-order valence-electron chi connectivity index (χ0n) is 12.9. The lowest BCUT2D eigenvalue weighted by Crippen LogP contribution is -2.42. The number of hydrogen-bond donors (Lipinski definition) is 2. The summed E-state index contributed by atoms with van der Waals surface area (Å²) >= 11 is 0. The van der Waals surface area contributed by atoms with Gasteiger partial charge in [-0.15, -0.1) is 12.4 Å². The molecule has 0 saturated heterocycles. The molecule has 0 spiro atoms. The van der Waals surface area contributed by atoms with Gasteiger partial charge in [0.25, 0.3) is 0 Å². The number of carbonyl (C=O) groups is 1. The van der Waals surface area contributed by atoms with Crippen LogP contribution in [-0.2, 0) is 24.2 Å². The van der Waals surface area contributed by atoms with E-state index in [2.05, 4.69) is 17.4 Å². The molecule has 1 saturated carbocycles. The summed E-state index contributed by atoms with van der Waals surface area (Å²) in [5, 5.41) is 7.69. The zero-order valence-corrected chi connectivity index (χ0v) is 13.7. The standard InChI is InChI=1S/C17H20N4O.ClH/c18-17(9-10-17)16(22)19-11-14-13-7-4-8-15(13)21(20-14)12-5-2-1-3-6-12;/h1-3,5-6H,4,7-11,18H2,(H,19,22);1H. The molecule has 2 aliphatic carbocycles. The van der Waals surface area contributed by atoms with Gasteiger partial charge >= 0.3 is 0 Å². The molecule has 0 bridgehead atoms. The van der Waals surface area contributed by atoms with Crippen LogP contribution in [-0.4, -0.2) is 21.2 Å². The SMILES string of the molecule is Cl.NC1(C(=O)NCc2nn(-c3ccccc3)c3c2CCC3)CC1. The number of para-hydroxylation sites is 1. The Balaban J connectivity index is 0.00000156. The molecule has 1 aromatic heterocycles. The van der Waals surface area contributed by atoms with Crippen molar-refractivity contribution >= 4 is 18.3 Å². The number of benzene rings is 1. The molecule has 1 amide bonds. The highest BCUT2D eigenvalue weighted by Gasteiger charge is 2.45. The number of hydrogen-bond acceptors (Lipinski definition) is 3. The Labute approximate surface area is 141 Å². The summed E-state index contributed by atoms with van der Waals surface area (Å²) in [7, 11) is 0. The summed E-state index contributed by atoms with van der Waals surface area (Å²) in [5.74, 6) is -0.0477. The minimum atomic E-state index is -0.620. The lowest BCUT2D eigenvalue weighted by molar-refractivity contribution is -0.123. The van der Waals surface area contributed by atoms with Gasteiger partial charge in [-0.2, -0.15) is 5.10 Å². The van der Waals surface area contributed by atoms with Gasteiger partial charge in [0.15, 0.2) is 0 Å². The molecule has 0 unspecified atom stereocenters. The zero-order chi connectivity index (χ0) is 15.2. The minimum absolute atomic E-state index is 0. The largest absolute Gasteiger partial charge is 0.349 e. The highest BCUT2D eigenvalue weighted by molar-refractivity contribution is 5.88. The van der Waals surface area contributed by atoms with E-state index in [1.54, 1.807) is 0 Å². The number of nitrogens with two attached hydrogens (primary N) is 1. The van der Waals surface area contributed by atoms with Gasteiger partial charge in [0.05, 0.1) is 23.5 Å². The van der Waals surface area contributed by atoms with Crippen LogP contribution in [0.5, 0.6) is 0 Å². The Morgan fingerprint density at radius 2 is 2.00 bits per heavy atom. The fourth-order valence-electron chi connectivity index (χ4n) is 3.14. The fourth-order valence-corrected chi connectivity index (χ4v) is 3.14. The van der Waals surface area contributed by atoms with E-state index in [0.29, 0.717) is 6.54 Å². The molecule has 2 aromatic rings. The number of nitrogens with zero attached hydrogens (tertiary/aromatic N) is 2. The third kappa shape index (κ3) is 2.86. The summed E-state index contributed by atoms with van der Waals surface area (Å²) in [4.78, 5) is 12.0. The second-order valence-electron chi connectivity index (χ2n) is 6.31. The Kier molecular flexibility index (Phi) is 4.17. The Morgan fingerprint density at radius 1 is 1.26 bits per heavy atom. The molecule has 0 atom stereocenters. The molecule has 1 fully saturated rings. The van der Waals surface area contributed by atoms with Crippen LogP contribution in [0.15, 0.2) is 30.3 Å². The molecule has 2 aliphatic rings. The number of amides is 1. The van der Waals surface area contributed by atoms with Crippen LogP contribution in [0.3, 0.4) is 0 Å². The van der Waals surface area contributed by atoms with Gasteiger partial charge in [-0.25, -0.2) is 4.68 Å². The number of halogens is 1. The van der Waals surface area contributed by atoms with Gasteiger partial charge < -0.3 is 11.1 Å². The van der Waals surface area contributed by atoms with Gasteiger partial charge in [0.2, 0.25) is 5.91 Å². The maximum absolute atomic E-state index is 12.0. The molecular weight excluding hydrogens is 312 g/mol. The second kappa shape index (κ2) is 5.98. The second-order valence-corrected chi connectivity index (χ2v) is 6.31. The predicted octanol–water partition coefficient (Wildman–Crippen LogP) is 1.89. The molecule has 0 radical (unpaired) electrons. The maximum atomic E-state index is 12.0. The molecule has 122 valence electrons. The highest BCUT2D eigenvalue weighted by atomic mass is 35.5. The van der Waals surface area contributed by atoms with Gasteiger partial charge in [0, 0.05) is 5.69 Å². The topological polar surface area (TPSA) is 72.9 Å². The smallest absolute Gasteiger partial charge is 0.240 e. The maximum Gasteiger partial charge on any atom is 0.240 e. The summed E-state index contributed by atoms with van der Waals surface area (Å²) < 4.78 is 2.03. The van der Waals surface area contributed by atoms with Crippen molar-refractivity contribution in [1.82, 2.24) is 15.1 Å². The average Bonchev–Trinajstić information content (AvgIpc) is 2.99. The van der Waals surface area contributed by atoms with E-state index >= 15 is 0 Å². The molecular formula is C17H21ClN4O. The molecule has 3 N–H and O–H groups in total. The monoisotopic (exact) mass is 332 g/mol. The number of rotatable bonds is 4. The van der Waals surface area contributed by atoms with Gasteiger partial charge in [-0.05, 0) is 49.8 Å². The predicted molar refractivity (Wildman–Crippen MR) is 90.8 cm³/mol. The first kappa shape index (κ1) is 16.0. The van der Waals surface area contributed by atoms with E-state index in [-0.39, 0.29) is 18.3 Å². The van der Waals surface area contributed by atoms with Crippen molar-refractivity contribution in [1.29, 1.82) is 0 Å². The van der Waals surface area contributed by atoms with Crippen LogP contribution in [0.1, 0.15) is 36.2 Å². The van der Waals surface area contributed by atoms with Gasteiger partial charge in [-0.3, -0.25) is 4.79 Å². The first-order valence-electron chi connectivity index (χ1n) is 7.90. The number of nitrogens with one attached hydrogen (secondary N) is 1. The lowest BCUT2D eigenvalue weighted by atomic mass is 10.2. The molecule has 5 nitrogen and oxygen atoms in total. The van der Waals surface area contributed by atoms with E-state index in [1.165, 1.54) is 11.3 Å². The van der Waals surface area contributed by atoms with Crippen LogP contribution < -0.4 is 11.1 Å². The first-order chi connectivity index (χ1) is 10.7. The number of carbonyl (C=O) groups excluding carboxylic acids is 1. The van der Waals surface area contributed by atoms with E-state index < -0.39 is 5.54 Å². The highest BCUT2D eigenvalue weighted by Crippen LogP contribution is 2.32. The van der Waals surface area contributed by atoms with Crippen molar-refractivity contribution in [3.8, 4) is 5.69 Å². The van der Waals surface area contributed by atoms with E-state index in [4.69, 9.17) is 10.8 Å². The lowest BCUT2D eigenvalue weighted by Gasteiger charge is -2.09. The van der Waals surface area contributed by atoms with Crippen molar-refractivity contribution < 1.29 is 4.79 Å². The molecule has 1 heterocycles. The summed E-state index contributed by atoms with van der Waals surface area (Å²) in [5.41, 5.74) is 9.94. The van der Waals surface area contributed by atoms with Gasteiger partial charge in [-0.1, -0.05) is 18.2 Å². The first-order valence-corrected chi connectivity index (χ1v) is 7.90. The average molecular weight is 333 g/mol. The summed E-state index contributed by atoms with van der Waals surface area (Å²) in [6, 6.07) is 10.2. The quantitative estimate of drug-likeness (QED) is 0.898. The Hall–Kier alpha value is -1.85. The Bertz CT molecular complexity index is 722. The van der Waals surface area contributed by atoms with Crippen molar-refractivity contribution in [2.45, 2.75) is 44.2 Å². The fraction of sp³-hybridized carbons (Fsp3) is 0.412. The number of aromatic nitrogens is 2. The van der Waals surface area contributed by atoms with Crippen molar-refractivity contribution in [2.24, 2.45) is 5.73 Å². The third-order valence-electron chi connectivity index (χ3n) is 4.67. The van der Waals surface area contributed by atoms with Crippen LogP contribution in [0, 0.1) is 0 Å². The van der Waals surface area contributed by atoms with Crippen molar-refractivity contribution in [2.75, 3.05) is 0 Å². The van der Waals surface area contributed by atoms with Gasteiger partial charge in [0.1, 0.15) is 0 Å². The van der Waals surface area contributed by atoms with E-state index in [0.717, 1.165) is 43.5 Å². The Morgan fingerprint density at radius 3 is 2.70 bits per heavy atom. The van der Waals surface area contributed by atoms with E-state index in [1.807, 2.05) is 22.9 Å². The van der Waals surface area contributed by atoms with Crippen LogP contribution in [0.4, 0.5) is 0 Å². The molecule has 6 heteroatoms. The molecule has 1 aromatic carbocycles. The third-order valence-corrected chi connectivity index (χ3v) is 4.67. The van der Waals surface area contributed by atoms with Crippen LogP contribution >= 0.6 is 12.4 Å². The van der Waals surface area contributed by atoms with Crippen LogP contribution in [0.2, 0.25) is 0 Å².